The fourth-order valence-electron chi connectivity index (χ4n) is 1.15. The molecule has 16 heavy (non-hydrogen) atoms. The topological polar surface area (TPSA) is 100 Å². The lowest BCUT2D eigenvalue weighted by Gasteiger charge is -2.05. The lowest BCUT2D eigenvalue weighted by molar-refractivity contribution is -0.386. The van der Waals surface area contributed by atoms with Crippen LogP contribution in [0.25, 0.3) is 0 Å². The molecule has 0 fully saturated rings. The van der Waals surface area contributed by atoms with Gasteiger partial charge >= 0.3 is 0 Å². The summed E-state index contributed by atoms with van der Waals surface area (Å²) in [5, 5.41) is 28.0. The highest BCUT2D eigenvalue weighted by Gasteiger charge is 2.28. The molecule has 0 amide bonds. The number of rotatable bonds is 3. The van der Waals surface area contributed by atoms with Crippen LogP contribution in [0.4, 0.5) is 14.5 Å². The minimum absolute atomic E-state index is 0.293. The number of aromatic nitrogens is 1. The molecule has 0 atom stereocenters. The van der Waals surface area contributed by atoms with E-state index >= 15 is 0 Å². The van der Waals surface area contributed by atoms with Crippen molar-refractivity contribution < 1.29 is 18.8 Å². The number of alkyl halides is 2. The Labute approximate surface area is 87.9 Å². The number of aliphatic hydroxyl groups excluding tert-OH is 1. The molecule has 0 saturated carbocycles. The molecule has 0 saturated heterocycles. The summed E-state index contributed by atoms with van der Waals surface area (Å²) in [6.45, 7) is -0.729. The van der Waals surface area contributed by atoms with Crippen molar-refractivity contribution in [3.8, 4) is 6.07 Å². The third-order valence-corrected chi connectivity index (χ3v) is 1.84. The highest BCUT2D eigenvalue weighted by atomic mass is 19.3. The van der Waals surface area contributed by atoms with E-state index in [9.17, 15) is 18.9 Å². The first kappa shape index (κ1) is 11.9. The van der Waals surface area contributed by atoms with Crippen molar-refractivity contribution in [1.29, 1.82) is 5.26 Å². The monoisotopic (exact) mass is 229 g/mol. The van der Waals surface area contributed by atoms with E-state index in [4.69, 9.17) is 10.4 Å². The van der Waals surface area contributed by atoms with E-state index in [1.165, 1.54) is 6.07 Å². The Bertz CT molecular complexity index is 470. The normalized spacial score (nSPS) is 10.2. The highest BCUT2D eigenvalue weighted by molar-refractivity contribution is 5.55. The standard InChI is InChI=1S/C8H5F2N3O3/c9-8(10)5-2-12-6(3-14)4(1-11)7(5)13(15)16/h2,8,14H,3H2. The minimum atomic E-state index is -3.10. The van der Waals surface area contributed by atoms with Gasteiger partial charge in [-0.05, 0) is 0 Å². The molecule has 0 aliphatic carbocycles. The Morgan fingerprint density at radius 3 is 2.69 bits per heavy atom. The fourth-order valence-corrected chi connectivity index (χ4v) is 1.15. The zero-order valence-corrected chi connectivity index (χ0v) is 7.72. The molecule has 1 heterocycles. The van der Waals surface area contributed by atoms with Crippen LogP contribution >= 0.6 is 0 Å². The van der Waals surface area contributed by atoms with Crippen LogP contribution in [0.15, 0.2) is 6.20 Å². The highest BCUT2D eigenvalue weighted by Crippen LogP contribution is 2.32. The number of hydrogen-bond acceptors (Lipinski definition) is 5. The Hall–Kier alpha value is -2.14. The summed E-state index contributed by atoms with van der Waals surface area (Å²) in [7, 11) is 0. The minimum Gasteiger partial charge on any atom is -0.390 e. The lowest BCUT2D eigenvalue weighted by atomic mass is 10.1. The van der Waals surface area contributed by atoms with Crippen LogP contribution < -0.4 is 0 Å². The van der Waals surface area contributed by atoms with E-state index in [0.717, 1.165) is 0 Å². The second-order valence-corrected chi connectivity index (χ2v) is 2.71. The van der Waals surface area contributed by atoms with Crippen molar-refractivity contribution in [2.75, 3.05) is 0 Å². The number of hydrogen-bond donors (Lipinski definition) is 1. The van der Waals surface area contributed by atoms with Crippen LogP contribution in [0.2, 0.25) is 0 Å². The van der Waals surface area contributed by atoms with Crippen molar-refractivity contribution >= 4 is 5.69 Å². The SMILES string of the molecule is N#Cc1c(CO)ncc(C(F)F)c1[N+](=O)[O-]. The molecule has 1 aromatic rings. The maximum absolute atomic E-state index is 12.4. The first-order valence-electron chi connectivity index (χ1n) is 3.98. The molecule has 0 aromatic carbocycles. The van der Waals surface area contributed by atoms with Crippen LogP contribution in [0, 0.1) is 21.4 Å². The largest absolute Gasteiger partial charge is 0.390 e. The predicted molar refractivity (Wildman–Crippen MR) is 46.5 cm³/mol. The van der Waals surface area contributed by atoms with Crippen molar-refractivity contribution in [2.24, 2.45) is 0 Å². The summed E-state index contributed by atoms with van der Waals surface area (Å²) >= 11 is 0. The fraction of sp³-hybridized carbons (Fsp3) is 0.250. The second kappa shape index (κ2) is 4.59. The van der Waals surface area contributed by atoms with Gasteiger partial charge in [-0.1, -0.05) is 0 Å². The van der Waals surface area contributed by atoms with E-state index in [0.29, 0.717) is 6.20 Å². The molecule has 1 aromatic heterocycles. The first-order chi connectivity index (χ1) is 7.52. The van der Waals surface area contributed by atoms with Gasteiger partial charge in [0.2, 0.25) is 0 Å². The molecule has 0 spiro atoms. The number of nitro groups is 1. The quantitative estimate of drug-likeness (QED) is 0.621. The molecule has 8 heteroatoms. The molecule has 0 bridgehead atoms. The first-order valence-corrected chi connectivity index (χ1v) is 3.98. The zero-order valence-electron chi connectivity index (χ0n) is 7.72. The third kappa shape index (κ3) is 1.94. The van der Waals surface area contributed by atoms with Crippen LogP contribution in [0.1, 0.15) is 23.2 Å². The Morgan fingerprint density at radius 2 is 2.31 bits per heavy atom. The average Bonchev–Trinajstić information content (AvgIpc) is 2.26. The van der Waals surface area contributed by atoms with Gasteiger partial charge in [0.15, 0.2) is 5.56 Å². The third-order valence-electron chi connectivity index (χ3n) is 1.84. The van der Waals surface area contributed by atoms with E-state index < -0.39 is 34.8 Å². The molecule has 0 unspecified atom stereocenters. The molecule has 0 aliphatic heterocycles. The lowest BCUT2D eigenvalue weighted by Crippen LogP contribution is -2.05. The predicted octanol–water partition coefficient (Wildman–Crippen LogP) is 1.29. The van der Waals surface area contributed by atoms with Crippen LogP contribution in [0.3, 0.4) is 0 Å². The van der Waals surface area contributed by atoms with Gasteiger partial charge in [0.25, 0.3) is 12.1 Å². The van der Waals surface area contributed by atoms with Crippen molar-refractivity contribution in [1.82, 2.24) is 4.98 Å². The van der Waals surface area contributed by atoms with E-state index in [1.54, 1.807) is 0 Å². The second-order valence-electron chi connectivity index (χ2n) is 2.71. The van der Waals surface area contributed by atoms with Gasteiger partial charge in [0.05, 0.1) is 17.2 Å². The summed E-state index contributed by atoms with van der Waals surface area (Å²) in [4.78, 5) is 12.9. The number of halogens is 2. The van der Waals surface area contributed by atoms with Crippen LogP contribution in [0.5, 0.6) is 0 Å². The molecular formula is C8H5F2N3O3. The number of nitriles is 1. The van der Waals surface area contributed by atoms with E-state index in [2.05, 4.69) is 4.98 Å². The molecule has 0 aliphatic rings. The number of nitrogens with zero attached hydrogens (tertiary/aromatic N) is 3. The molecule has 1 N–H and O–H groups in total. The molecule has 6 nitrogen and oxygen atoms in total. The molecule has 84 valence electrons. The average molecular weight is 229 g/mol. The number of pyridine rings is 1. The Morgan fingerprint density at radius 1 is 1.69 bits per heavy atom. The van der Waals surface area contributed by atoms with Crippen molar-refractivity contribution in [3.05, 3.63) is 33.1 Å². The van der Waals surface area contributed by atoms with Gasteiger partial charge in [0.1, 0.15) is 11.6 Å². The summed E-state index contributed by atoms with van der Waals surface area (Å²) in [6.07, 6.45) is -2.51. The van der Waals surface area contributed by atoms with Gasteiger partial charge in [-0.2, -0.15) is 5.26 Å². The molecule has 0 radical (unpaired) electrons. The molecular weight excluding hydrogens is 224 g/mol. The summed E-state index contributed by atoms with van der Waals surface area (Å²) in [5.74, 6) is 0. The maximum atomic E-state index is 12.4. The van der Waals surface area contributed by atoms with Crippen molar-refractivity contribution in [2.45, 2.75) is 13.0 Å². The van der Waals surface area contributed by atoms with Crippen LogP contribution in [-0.4, -0.2) is 15.0 Å². The van der Waals surface area contributed by atoms with Crippen molar-refractivity contribution in [3.63, 3.8) is 0 Å². The smallest absolute Gasteiger partial charge is 0.299 e. The summed E-state index contributed by atoms with van der Waals surface area (Å²) in [6, 6.07) is 1.39. The summed E-state index contributed by atoms with van der Waals surface area (Å²) in [5.41, 5.74) is -2.86. The van der Waals surface area contributed by atoms with Gasteiger partial charge in [0, 0.05) is 6.20 Å². The Kier molecular flexibility index (Phi) is 3.42. The van der Waals surface area contributed by atoms with Gasteiger partial charge in [-0.25, -0.2) is 8.78 Å². The van der Waals surface area contributed by atoms with Gasteiger partial charge in [-0.15, -0.1) is 0 Å². The van der Waals surface area contributed by atoms with Gasteiger partial charge < -0.3 is 5.11 Å². The summed E-state index contributed by atoms with van der Waals surface area (Å²) < 4.78 is 24.8. The zero-order chi connectivity index (χ0) is 12.3. The van der Waals surface area contributed by atoms with E-state index in [-0.39, 0.29) is 5.69 Å². The molecule has 1 rings (SSSR count). The Balaban J connectivity index is 3.59. The van der Waals surface area contributed by atoms with Crippen LogP contribution in [-0.2, 0) is 6.61 Å². The maximum Gasteiger partial charge on any atom is 0.299 e. The van der Waals surface area contributed by atoms with Gasteiger partial charge in [-0.3, -0.25) is 15.1 Å². The number of aliphatic hydroxyl groups is 1. The van der Waals surface area contributed by atoms with E-state index in [1.807, 2.05) is 0 Å².